The Morgan fingerprint density at radius 3 is 2.37 bits per heavy atom. The quantitative estimate of drug-likeness (QED) is 0.656. The Morgan fingerprint density at radius 2 is 1.74 bits per heavy atom. The number of aryl methyl sites for hydroxylation is 1. The normalized spacial score (nSPS) is 11.6. The van der Waals surface area contributed by atoms with Crippen molar-refractivity contribution in [3.63, 3.8) is 0 Å². The summed E-state index contributed by atoms with van der Waals surface area (Å²) in [7, 11) is 0. The highest BCUT2D eigenvalue weighted by molar-refractivity contribution is 5.49. The zero-order valence-electron chi connectivity index (χ0n) is 11.6. The van der Waals surface area contributed by atoms with Gasteiger partial charge in [-0.2, -0.15) is 13.2 Å². The standard InChI is InChI=1S/C15H22F3N/c1-3-4-5-6-7-10-19-13-9-8-12(2)14(11-13)15(16,17)18/h8-9,11,19H,3-7,10H2,1-2H3. The van der Waals surface area contributed by atoms with Crippen LogP contribution in [0.5, 0.6) is 0 Å². The van der Waals surface area contributed by atoms with E-state index in [1.165, 1.54) is 38.3 Å². The molecule has 1 N–H and O–H groups in total. The third-order valence-electron chi connectivity index (χ3n) is 3.15. The molecular formula is C15H22F3N. The summed E-state index contributed by atoms with van der Waals surface area (Å²) >= 11 is 0. The van der Waals surface area contributed by atoms with Crippen molar-refractivity contribution in [1.29, 1.82) is 0 Å². The van der Waals surface area contributed by atoms with Gasteiger partial charge in [-0.05, 0) is 31.0 Å². The molecule has 108 valence electrons. The van der Waals surface area contributed by atoms with Gasteiger partial charge in [0.1, 0.15) is 0 Å². The van der Waals surface area contributed by atoms with E-state index in [0.717, 1.165) is 19.4 Å². The summed E-state index contributed by atoms with van der Waals surface area (Å²) in [4.78, 5) is 0. The molecule has 19 heavy (non-hydrogen) atoms. The number of unbranched alkanes of at least 4 members (excludes halogenated alkanes) is 4. The molecule has 0 fully saturated rings. The number of hydrogen-bond donors (Lipinski definition) is 1. The molecule has 0 aromatic heterocycles. The lowest BCUT2D eigenvalue weighted by atomic mass is 10.1. The molecule has 0 aliphatic rings. The molecule has 1 rings (SSSR count). The third-order valence-corrected chi connectivity index (χ3v) is 3.15. The zero-order valence-corrected chi connectivity index (χ0v) is 11.6. The molecule has 0 saturated heterocycles. The van der Waals surface area contributed by atoms with Crippen LogP contribution in [0.4, 0.5) is 18.9 Å². The van der Waals surface area contributed by atoms with E-state index >= 15 is 0 Å². The molecule has 0 heterocycles. The predicted molar refractivity (Wildman–Crippen MR) is 73.4 cm³/mol. The van der Waals surface area contributed by atoms with Crippen LogP contribution < -0.4 is 5.32 Å². The van der Waals surface area contributed by atoms with Crippen LogP contribution in [-0.2, 0) is 6.18 Å². The minimum atomic E-state index is -4.27. The van der Waals surface area contributed by atoms with Gasteiger partial charge in [0.05, 0.1) is 5.56 Å². The van der Waals surface area contributed by atoms with Gasteiger partial charge in [-0.25, -0.2) is 0 Å². The van der Waals surface area contributed by atoms with E-state index in [9.17, 15) is 13.2 Å². The first-order valence-corrected chi connectivity index (χ1v) is 6.87. The number of halogens is 3. The Labute approximate surface area is 113 Å². The average molecular weight is 273 g/mol. The summed E-state index contributed by atoms with van der Waals surface area (Å²) in [6, 6.07) is 4.42. The van der Waals surface area contributed by atoms with Crippen LogP contribution >= 0.6 is 0 Å². The average Bonchev–Trinajstić information content (AvgIpc) is 2.34. The molecule has 1 nitrogen and oxygen atoms in total. The lowest BCUT2D eigenvalue weighted by Crippen LogP contribution is -2.09. The molecule has 0 aliphatic carbocycles. The van der Waals surface area contributed by atoms with Crippen molar-refractivity contribution >= 4 is 5.69 Å². The summed E-state index contributed by atoms with van der Waals surface area (Å²) < 4.78 is 38.2. The highest BCUT2D eigenvalue weighted by Gasteiger charge is 2.32. The van der Waals surface area contributed by atoms with Crippen molar-refractivity contribution in [3.8, 4) is 0 Å². The van der Waals surface area contributed by atoms with Gasteiger partial charge in [0, 0.05) is 12.2 Å². The monoisotopic (exact) mass is 273 g/mol. The van der Waals surface area contributed by atoms with E-state index in [0.29, 0.717) is 5.69 Å². The van der Waals surface area contributed by atoms with Crippen molar-refractivity contribution in [2.24, 2.45) is 0 Å². The molecule has 0 spiro atoms. The molecule has 1 aromatic rings. The number of nitrogens with one attached hydrogen (secondary N) is 1. The van der Waals surface area contributed by atoms with Crippen LogP contribution in [0.2, 0.25) is 0 Å². The molecule has 1 aromatic carbocycles. The van der Waals surface area contributed by atoms with Gasteiger partial charge in [-0.1, -0.05) is 38.7 Å². The van der Waals surface area contributed by atoms with Crippen molar-refractivity contribution in [2.75, 3.05) is 11.9 Å². The van der Waals surface area contributed by atoms with Crippen molar-refractivity contribution in [2.45, 2.75) is 52.1 Å². The van der Waals surface area contributed by atoms with E-state index in [4.69, 9.17) is 0 Å². The second-order valence-electron chi connectivity index (χ2n) is 4.87. The Balaban J connectivity index is 2.47. The van der Waals surface area contributed by atoms with E-state index in [1.807, 2.05) is 0 Å². The molecule has 0 aliphatic heterocycles. The van der Waals surface area contributed by atoms with Gasteiger partial charge in [0.25, 0.3) is 0 Å². The van der Waals surface area contributed by atoms with Crippen LogP contribution in [0.3, 0.4) is 0 Å². The van der Waals surface area contributed by atoms with Crippen LogP contribution in [-0.4, -0.2) is 6.54 Å². The number of alkyl halides is 3. The number of benzene rings is 1. The Hall–Kier alpha value is -1.19. The van der Waals surface area contributed by atoms with Gasteiger partial charge in [-0.15, -0.1) is 0 Å². The van der Waals surface area contributed by atoms with Gasteiger partial charge in [-0.3, -0.25) is 0 Å². The minimum absolute atomic E-state index is 0.265. The Morgan fingerprint density at radius 1 is 1.05 bits per heavy atom. The minimum Gasteiger partial charge on any atom is -0.385 e. The highest BCUT2D eigenvalue weighted by Crippen LogP contribution is 2.33. The molecule has 0 bridgehead atoms. The molecule has 0 saturated carbocycles. The fraction of sp³-hybridized carbons (Fsp3) is 0.600. The number of rotatable bonds is 7. The SMILES string of the molecule is CCCCCCCNc1ccc(C)c(C(F)(F)F)c1. The van der Waals surface area contributed by atoms with Crippen LogP contribution in [0.15, 0.2) is 18.2 Å². The maximum atomic E-state index is 12.7. The topological polar surface area (TPSA) is 12.0 Å². The number of hydrogen-bond acceptors (Lipinski definition) is 1. The largest absolute Gasteiger partial charge is 0.416 e. The van der Waals surface area contributed by atoms with Crippen molar-refractivity contribution in [1.82, 2.24) is 0 Å². The summed E-state index contributed by atoms with van der Waals surface area (Å²) in [6.45, 7) is 4.37. The highest BCUT2D eigenvalue weighted by atomic mass is 19.4. The van der Waals surface area contributed by atoms with Crippen molar-refractivity contribution < 1.29 is 13.2 Å². The van der Waals surface area contributed by atoms with Crippen LogP contribution in [0.25, 0.3) is 0 Å². The van der Waals surface area contributed by atoms with Crippen molar-refractivity contribution in [3.05, 3.63) is 29.3 Å². The maximum Gasteiger partial charge on any atom is 0.416 e. The Bertz CT molecular complexity index is 385. The number of anilines is 1. The van der Waals surface area contributed by atoms with E-state index < -0.39 is 11.7 Å². The van der Waals surface area contributed by atoms with Gasteiger partial charge in [0.2, 0.25) is 0 Å². The molecule has 0 unspecified atom stereocenters. The summed E-state index contributed by atoms with van der Waals surface area (Å²) in [6.07, 6.45) is 1.46. The fourth-order valence-corrected chi connectivity index (χ4v) is 2.00. The molecule has 0 amide bonds. The van der Waals surface area contributed by atoms with Crippen LogP contribution in [0, 0.1) is 6.92 Å². The summed E-state index contributed by atoms with van der Waals surface area (Å²) in [5.41, 5.74) is 0.262. The zero-order chi connectivity index (χ0) is 14.3. The van der Waals surface area contributed by atoms with Crippen LogP contribution in [0.1, 0.15) is 50.2 Å². The van der Waals surface area contributed by atoms with Gasteiger partial charge in [0.15, 0.2) is 0 Å². The lowest BCUT2D eigenvalue weighted by molar-refractivity contribution is -0.138. The second kappa shape index (κ2) is 7.41. The summed E-state index contributed by atoms with van der Waals surface area (Å²) in [5, 5.41) is 3.06. The van der Waals surface area contributed by atoms with E-state index in [-0.39, 0.29) is 5.56 Å². The first-order chi connectivity index (χ1) is 8.95. The molecule has 0 atom stereocenters. The molecular weight excluding hydrogens is 251 g/mol. The Kier molecular flexibility index (Phi) is 6.19. The molecule has 4 heteroatoms. The first kappa shape index (κ1) is 15.9. The van der Waals surface area contributed by atoms with Gasteiger partial charge < -0.3 is 5.32 Å². The molecule has 0 radical (unpaired) electrons. The lowest BCUT2D eigenvalue weighted by Gasteiger charge is -2.13. The second-order valence-corrected chi connectivity index (χ2v) is 4.87. The predicted octanol–water partition coefficient (Wildman–Crippen LogP) is 5.40. The smallest absolute Gasteiger partial charge is 0.385 e. The fourth-order valence-electron chi connectivity index (χ4n) is 2.00. The summed E-state index contributed by atoms with van der Waals surface area (Å²) in [5.74, 6) is 0. The van der Waals surface area contributed by atoms with Gasteiger partial charge >= 0.3 is 6.18 Å². The van der Waals surface area contributed by atoms with E-state index in [1.54, 1.807) is 6.07 Å². The third kappa shape index (κ3) is 5.53. The first-order valence-electron chi connectivity index (χ1n) is 6.87. The van der Waals surface area contributed by atoms with E-state index in [2.05, 4.69) is 12.2 Å². The maximum absolute atomic E-state index is 12.7.